The molecule has 0 aliphatic carbocycles. The monoisotopic (exact) mass is 279 g/mol. The minimum Gasteiger partial charge on any atom is -0.489 e. The standard InChI is InChI=1S/C14H11F2NO3/c15-9-2-1-8(12(16)5-9)7-20-10-3-4-11(14(18)19)13(17)6-10/h1-6H,7,17H2,(H,18,19). The number of carbonyl (C=O) groups is 1. The van der Waals surface area contributed by atoms with E-state index < -0.39 is 17.6 Å². The molecule has 0 saturated carbocycles. The predicted octanol–water partition coefficient (Wildman–Crippen LogP) is 2.82. The fourth-order valence-corrected chi connectivity index (χ4v) is 1.63. The minimum atomic E-state index is -1.14. The van der Waals surface area contributed by atoms with Gasteiger partial charge in [0.05, 0.1) is 5.56 Å². The van der Waals surface area contributed by atoms with Crippen molar-refractivity contribution in [2.75, 3.05) is 5.73 Å². The van der Waals surface area contributed by atoms with Gasteiger partial charge in [-0.05, 0) is 24.3 Å². The number of carboxylic acid groups (broad SMARTS) is 1. The summed E-state index contributed by atoms with van der Waals surface area (Å²) in [4.78, 5) is 10.8. The van der Waals surface area contributed by atoms with E-state index in [1.165, 1.54) is 24.3 Å². The third-order valence-electron chi connectivity index (χ3n) is 2.66. The number of anilines is 1. The molecule has 0 saturated heterocycles. The fraction of sp³-hybridized carbons (Fsp3) is 0.0714. The van der Waals surface area contributed by atoms with Gasteiger partial charge in [-0.1, -0.05) is 0 Å². The summed E-state index contributed by atoms with van der Waals surface area (Å²) in [5.74, 6) is -2.21. The Bertz CT molecular complexity index is 659. The zero-order valence-corrected chi connectivity index (χ0v) is 10.3. The van der Waals surface area contributed by atoms with Crippen LogP contribution in [-0.2, 0) is 6.61 Å². The highest BCUT2D eigenvalue weighted by Gasteiger charge is 2.09. The Balaban J connectivity index is 2.11. The maximum absolute atomic E-state index is 13.4. The van der Waals surface area contributed by atoms with Crippen LogP contribution in [0.4, 0.5) is 14.5 Å². The van der Waals surface area contributed by atoms with Crippen LogP contribution in [0, 0.1) is 11.6 Å². The summed E-state index contributed by atoms with van der Waals surface area (Å²) in [7, 11) is 0. The Morgan fingerprint density at radius 2 is 1.95 bits per heavy atom. The number of aromatic carboxylic acids is 1. The summed E-state index contributed by atoms with van der Waals surface area (Å²) in [5.41, 5.74) is 5.76. The van der Waals surface area contributed by atoms with Crippen molar-refractivity contribution in [1.82, 2.24) is 0 Å². The van der Waals surface area contributed by atoms with Crippen molar-refractivity contribution in [2.24, 2.45) is 0 Å². The molecule has 0 aliphatic heterocycles. The van der Waals surface area contributed by atoms with Crippen molar-refractivity contribution in [3.05, 3.63) is 59.2 Å². The first kappa shape index (κ1) is 13.8. The van der Waals surface area contributed by atoms with Crippen LogP contribution in [0.25, 0.3) is 0 Å². The largest absolute Gasteiger partial charge is 0.489 e. The SMILES string of the molecule is Nc1cc(OCc2ccc(F)cc2F)ccc1C(=O)O. The van der Waals surface area contributed by atoms with E-state index in [2.05, 4.69) is 0 Å². The molecule has 0 aromatic heterocycles. The fourth-order valence-electron chi connectivity index (χ4n) is 1.63. The molecule has 0 unspecified atom stereocenters. The van der Waals surface area contributed by atoms with Gasteiger partial charge in [0.25, 0.3) is 0 Å². The summed E-state index contributed by atoms with van der Waals surface area (Å²) in [6, 6.07) is 7.23. The van der Waals surface area contributed by atoms with Crippen LogP contribution < -0.4 is 10.5 Å². The molecule has 0 radical (unpaired) electrons. The van der Waals surface area contributed by atoms with Gasteiger partial charge in [0.2, 0.25) is 0 Å². The van der Waals surface area contributed by atoms with Crippen LogP contribution in [0.15, 0.2) is 36.4 Å². The van der Waals surface area contributed by atoms with E-state index in [4.69, 9.17) is 15.6 Å². The van der Waals surface area contributed by atoms with Crippen molar-refractivity contribution >= 4 is 11.7 Å². The summed E-state index contributed by atoms with van der Waals surface area (Å²) in [5, 5.41) is 8.82. The minimum absolute atomic E-state index is 0.0367. The molecule has 2 aromatic carbocycles. The predicted molar refractivity (Wildman–Crippen MR) is 68.5 cm³/mol. The first-order chi connectivity index (χ1) is 9.47. The number of carboxylic acids is 1. The lowest BCUT2D eigenvalue weighted by Gasteiger charge is -2.09. The van der Waals surface area contributed by atoms with Crippen LogP contribution in [-0.4, -0.2) is 11.1 Å². The van der Waals surface area contributed by atoms with Crippen LogP contribution in [0.5, 0.6) is 5.75 Å². The second kappa shape index (κ2) is 5.56. The van der Waals surface area contributed by atoms with E-state index in [-0.39, 0.29) is 23.4 Å². The maximum atomic E-state index is 13.4. The van der Waals surface area contributed by atoms with Crippen LogP contribution in [0.3, 0.4) is 0 Å². The van der Waals surface area contributed by atoms with Gasteiger partial charge in [-0.25, -0.2) is 13.6 Å². The molecule has 0 aliphatic rings. The van der Waals surface area contributed by atoms with Crippen LogP contribution in [0.2, 0.25) is 0 Å². The van der Waals surface area contributed by atoms with E-state index in [0.29, 0.717) is 5.75 Å². The second-order valence-electron chi connectivity index (χ2n) is 4.08. The average Bonchev–Trinajstić information content (AvgIpc) is 2.37. The maximum Gasteiger partial charge on any atom is 0.337 e. The molecule has 0 fully saturated rings. The molecule has 0 bridgehead atoms. The summed E-state index contributed by atoms with van der Waals surface area (Å²) in [6.07, 6.45) is 0. The first-order valence-corrected chi connectivity index (χ1v) is 5.67. The van der Waals surface area contributed by atoms with E-state index in [1.807, 2.05) is 0 Å². The molecule has 0 heterocycles. The number of halogens is 2. The highest BCUT2D eigenvalue weighted by atomic mass is 19.1. The highest BCUT2D eigenvalue weighted by molar-refractivity contribution is 5.93. The summed E-state index contributed by atoms with van der Waals surface area (Å²) >= 11 is 0. The number of rotatable bonds is 4. The Kier molecular flexibility index (Phi) is 3.84. The molecule has 2 rings (SSSR count). The zero-order chi connectivity index (χ0) is 14.7. The summed E-state index contributed by atoms with van der Waals surface area (Å²) in [6.45, 7) is -0.113. The Morgan fingerprint density at radius 3 is 2.55 bits per heavy atom. The lowest BCUT2D eigenvalue weighted by molar-refractivity contribution is 0.0698. The number of hydrogen-bond donors (Lipinski definition) is 2. The molecule has 0 spiro atoms. The lowest BCUT2D eigenvalue weighted by Crippen LogP contribution is -2.04. The second-order valence-corrected chi connectivity index (χ2v) is 4.08. The van der Waals surface area contributed by atoms with E-state index >= 15 is 0 Å². The van der Waals surface area contributed by atoms with Gasteiger partial charge < -0.3 is 15.6 Å². The molecule has 0 amide bonds. The smallest absolute Gasteiger partial charge is 0.337 e. The van der Waals surface area contributed by atoms with Crippen LogP contribution in [0.1, 0.15) is 15.9 Å². The van der Waals surface area contributed by atoms with E-state index in [1.54, 1.807) is 0 Å². The van der Waals surface area contributed by atoms with Gasteiger partial charge in [0, 0.05) is 23.4 Å². The third-order valence-corrected chi connectivity index (χ3v) is 2.66. The number of nitrogen functional groups attached to an aromatic ring is 1. The summed E-state index contributed by atoms with van der Waals surface area (Å²) < 4.78 is 31.4. The van der Waals surface area contributed by atoms with Gasteiger partial charge in [-0.15, -0.1) is 0 Å². The topological polar surface area (TPSA) is 72.5 Å². The zero-order valence-electron chi connectivity index (χ0n) is 10.3. The quantitative estimate of drug-likeness (QED) is 0.844. The van der Waals surface area contributed by atoms with E-state index in [0.717, 1.165) is 12.1 Å². The van der Waals surface area contributed by atoms with Gasteiger partial charge >= 0.3 is 5.97 Å². The van der Waals surface area contributed by atoms with Gasteiger partial charge in [-0.3, -0.25) is 0 Å². The first-order valence-electron chi connectivity index (χ1n) is 5.67. The van der Waals surface area contributed by atoms with Gasteiger partial charge in [0.15, 0.2) is 0 Å². The average molecular weight is 279 g/mol. The molecule has 3 N–H and O–H groups in total. The molecule has 4 nitrogen and oxygen atoms in total. The number of nitrogens with two attached hydrogens (primary N) is 1. The molecular weight excluding hydrogens is 268 g/mol. The number of hydrogen-bond acceptors (Lipinski definition) is 3. The molecule has 0 atom stereocenters. The molecule has 2 aromatic rings. The highest BCUT2D eigenvalue weighted by Crippen LogP contribution is 2.21. The van der Waals surface area contributed by atoms with Gasteiger partial charge in [-0.2, -0.15) is 0 Å². The van der Waals surface area contributed by atoms with Crippen molar-refractivity contribution in [3.63, 3.8) is 0 Å². The Morgan fingerprint density at radius 1 is 1.20 bits per heavy atom. The van der Waals surface area contributed by atoms with Gasteiger partial charge in [0.1, 0.15) is 24.0 Å². The normalized spacial score (nSPS) is 10.3. The molecule has 20 heavy (non-hydrogen) atoms. The van der Waals surface area contributed by atoms with Crippen molar-refractivity contribution in [2.45, 2.75) is 6.61 Å². The number of benzene rings is 2. The van der Waals surface area contributed by atoms with Crippen molar-refractivity contribution in [3.8, 4) is 5.75 Å². The molecule has 104 valence electrons. The third kappa shape index (κ3) is 3.03. The Labute approximate surface area is 113 Å². The van der Waals surface area contributed by atoms with E-state index in [9.17, 15) is 13.6 Å². The van der Waals surface area contributed by atoms with Crippen molar-refractivity contribution in [1.29, 1.82) is 0 Å². The number of ether oxygens (including phenoxy) is 1. The van der Waals surface area contributed by atoms with Crippen molar-refractivity contribution < 1.29 is 23.4 Å². The van der Waals surface area contributed by atoms with Crippen LogP contribution >= 0.6 is 0 Å². The molecule has 6 heteroatoms. The Hall–Kier alpha value is -2.63. The molecular formula is C14H11F2NO3. The lowest BCUT2D eigenvalue weighted by atomic mass is 10.1.